The molecule has 4 nitrogen and oxygen atoms in total. The maximum absolute atomic E-state index is 11.2. The number of carbonyl (C=O) groups is 2. The fourth-order valence-electron chi connectivity index (χ4n) is 1.15. The van der Waals surface area contributed by atoms with Crippen LogP contribution in [0.4, 0.5) is 0 Å². The summed E-state index contributed by atoms with van der Waals surface area (Å²) in [6, 6.07) is 6.96. The minimum absolute atomic E-state index is 0.188. The van der Waals surface area contributed by atoms with Crippen molar-refractivity contribution in [2.24, 2.45) is 0 Å². The van der Waals surface area contributed by atoms with Crippen molar-refractivity contribution in [2.45, 2.75) is 0 Å². The Kier molecular flexibility index (Phi) is 2.01. The number of carboxylic acids is 1. The van der Waals surface area contributed by atoms with E-state index in [0.29, 0.717) is 10.9 Å². The van der Waals surface area contributed by atoms with Crippen LogP contribution >= 0.6 is 11.5 Å². The van der Waals surface area contributed by atoms with Gasteiger partial charge in [-0.15, -0.1) is 0 Å². The second-order valence-corrected chi connectivity index (χ2v) is 3.44. The van der Waals surface area contributed by atoms with Gasteiger partial charge < -0.3 is 5.11 Å². The van der Waals surface area contributed by atoms with Crippen LogP contribution in [0, 0.1) is 0 Å². The summed E-state index contributed by atoms with van der Waals surface area (Å²) < 4.78 is 3.98. The summed E-state index contributed by atoms with van der Waals surface area (Å²) in [6.45, 7) is 0. The van der Waals surface area contributed by atoms with E-state index in [0.717, 1.165) is 11.5 Å². The molecule has 5 heteroatoms. The molecule has 0 spiro atoms. The van der Waals surface area contributed by atoms with Gasteiger partial charge in [0.2, 0.25) is 0 Å². The van der Waals surface area contributed by atoms with Crippen molar-refractivity contribution in [3.63, 3.8) is 0 Å². The molecule has 0 atom stereocenters. The molecule has 0 aliphatic carbocycles. The van der Waals surface area contributed by atoms with Crippen molar-refractivity contribution in [3.05, 3.63) is 29.1 Å². The van der Waals surface area contributed by atoms with E-state index in [1.54, 1.807) is 24.3 Å². The average molecular weight is 207 g/mol. The van der Waals surface area contributed by atoms with Crippen molar-refractivity contribution in [1.29, 1.82) is 0 Å². The molecule has 0 aliphatic rings. The monoisotopic (exact) mass is 207 g/mol. The number of ketones is 1. The Morgan fingerprint density at radius 3 is 2.71 bits per heavy atom. The minimum atomic E-state index is -1.44. The zero-order valence-electron chi connectivity index (χ0n) is 6.93. The predicted octanol–water partition coefficient (Wildman–Crippen LogP) is 1.56. The predicted molar refractivity (Wildman–Crippen MR) is 51.6 cm³/mol. The van der Waals surface area contributed by atoms with Gasteiger partial charge in [-0.05, 0) is 17.6 Å². The lowest BCUT2D eigenvalue weighted by Gasteiger charge is -1.90. The molecular weight excluding hydrogens is 202 g/mol. The lowest BCUT2D eigenvalue weighted by Crippen LogP contribution is -2.11. The van der Waals surface area contributed by atoms with Crippen LogP contribution in [-0.4, -0.2) is 21.2 Å². The van der Waals surface area contributed by atoms with Crippen LogP contribution in [0.15, 0.2) is 24.3 Å². The Morgan fingerprint density at radius 2 is 2.00 bits per heavy atom. The number of rotatable bonds is 2. The van der Waals surface area contributed by atoms with Gasteiger partial charge in [0, 0.05) is 5.39 Å². The lowest BCUT2D eigenvalue weighted by atomic mass is 10.2. The molecule has 0 bridgehead atoms. The van der Waals surface area contributed by atoms with Crippen LogP contribution < -0.4 is 0 Å². The summed E-state index contributed by atoms with van der Waals surface area (Å²) in [5.74, 6) is -2.34. The van der Waals surface area contributed by atoms with E-state index < -0.39 is 11.8 Å². The van der Waals surface area contributed by atoms with E-state index in [4.69, 9.17) is 5.11 Å². The molecule has 2 aromatic rings. The van der Waals surface area contributed by atoms with Crippen LogP contribution in [0.5, 0.6) is 0 Å². The van der Waals surface area contributed by atoms with Gasteiger partial charge >= 0.3 is 5.97 Å². The van der Waals surface area contributed by atoms with E-state index >= 15 is 0 Å². The van der Waals surface area contributed by atoms with Gasteiger partial charge in [-0.1, -0.05) is 18.2 Å². The molecule has 1 N–H and O–H groups in total. The molecule has 2 rings (SSSR count). The Hall–Kier alpha value is -1.75. The van der Waals surface area contributed by atoms with Crippen molar-refractivity contribution in [1.82, 2.24) is 4.37 Å². The molecule has 1 aromatic carbocycles. The molecular formula is C9H5NO3S. The summed E-state index contributed by atoms with van der Waals surface area (Å²) in [4.78, 5) is 21.8. The number of Topliss-reactive ketones (excluding diaryl/α,β-unsaturated/α-hetero) is 1. The van der Waals surface area contributed by atoms with Gasteiger partial charge in [-0.2, -0.15) is 4.37 Å². The van der Waals surface area contributed by atoms with Crippen molar-refractivity contribution in [2.75, 3.05) is 0 Å². The minimum Gasteiger partial charge on any atom is -0.475 e. The fraction of sp³-hybridized carbons (Fsp3) is 0. The number of fused-ring (bicyclic) bond motifs is 1. The highest BCUT2D eigenvalue weighted by molar-refractivity contribution is 7.10. The second kappa shape index (κ2) is 3.19. The summed E-state index contributed by atoms with van der Waals surface area (Å²) in [7, 11) is 0. The summed E-state index contributed by atoms with van der Waals surface area (Å²) >= 11 is 0.919. The number of aromatic nitrogens is 1. The molecule has 1 heterocycles. The molecule has 0 fully saturated rings. The third-order valence-corrected chi connectivity index (χ3v) is 2.66. The third-order valence-electron chi connectivity index (χ3n) is 1.78. The Balaban J connectivity index is 2.64. The summed E-state index contributed by atoms with van der Waals surface area (Å²) in [6.07, 6.45) is 0. The Bertz CT molecular complexity index is 518. The quantitative estimate of drug-likeness (QED) is 0.599. The van der Waals surface area contributed by atoms with Gasteiger partial charge in [0.25, 0.3) is 5.78 Å². The van der Waals surface area contributed by atoms with Crippen LogP contribution in [0.2, 0.25) is 0 Å². The number of benzene rings is 1. The first-order valence-corrected chi connectivity index (χ1v) is 4.59. The van der Waals surface area contributed by atoms with Crippen LogP contribution in [0.25, 0.3) is 10.9 Å². The SMILES string of the molecule is O=C(O)C(=O)c1snc2ccccc12. The van der Waals surface area contributed by atoms with Gasteiger partial charge in [0.1, 0.15) is 4.88 Å². The maximum atomic E-state index is 11.2. The molecule has 0 unspecified atom stereocenters. The van der Waals surface area contributed by atoms with E-state index in [1.165, 1.54) is 0 Å². The number of hydrogen-bond donors (Lipinski definition) is 1. The fourth-order valence-corrected chi connectivity index (χ4v) is 1.94. The molecule has 14 heavy (non-hydrogen) atoms. The second-order valence-electron chi connectivity index (χ2n) is 2.66. The average Bonchev–Trinajstić information content (AvgIpc) is 2.60. The molecule has 0 amide bonds. The first kappa shape index (κ1) is 8.83. The Labute approximate surface area is 83.0 Å². The highest BCUT2D eigenvalue weighted by atomic mass is 32.1. The normalized spacial score (nSPS) is 10.3. The first-order valence-electron chi connectivity index (χ1n) is 3.82. The molecule has 1 aromatic heterocycles. The smallest absolute Gasteiger partial charge is 0.378 e. The van der Waals surface area contributed by atoms with E-state index in [9.17, 15) is 9.59 Å². The largest absolute Gasteiger partial charge is 0.475 e. The topological polar surface area (TPSA) is 67.3 Å². The standard InChI is InChI=1S/C9H5NO3S/c11-7(9(12)13)8-5-3-1-2-4-6(5)10-14-8/h1-4H,(H,12,13). The zero-order chi connectivity index (χ0) is 10.1. The maximum Gasteiger partial charge on any atom is 0.378 e. The molecule has 0 saturated carbocycles. The first-order chi connectivity index (χ1) is 6.70. The van der Waals surface area contributed by atoms with E-state index in [2.05, 4.69) is 4.37 Å². The zero-order valence-corrected chi connectivity index (χ0v) is 7.75. The number of hydrogen-bond acceptors (Lipinski definition) is 4. The number of nitrogens with zero attached hydrogens (tertiary/aromatic N) is 1. The van der Waals surface area contributed by atoms with E-state index in [1.807, 2.05) is 0 Å². The van der Waals surface area contributed by atoms with Crippen molar-refractivity contribution >= 4 is 34.2 Å². The van der Waals surface area contributed by atoms with Crippen LogP contribution in [0.1, 0.15) is 9.67 Å². The van der Waals surface area contributed by atoms with E-state index in [-0.39, 0.29) is 4.88 Å². The van der Waals surface area contributed by atoms with Gasteiger partial charge in [-0.3, -0.25) is 4.79 Å². The molecule has 0 radical (unpaired) electrons. The summed E-state index contributed by atoms with van der Waals surface area (Å²) in [5, 5.41) is 9.14. The van der Waals surface area contributed by atoms with Crippen LogP contribution in [0.3, 0.4) is 0 Å². The summed E-state index contributed by atoms with van der Waals surface area (Å²) in [5.41, 5.74) is 0.655. The van der Waals surface area contributed by atoms with Gasteiger partial charge in [0.05, 0.1) is 5.52 Å². The van der Waals surface area contributed by atoms with Crippen molar-refractivity contribution < 1.29 is 14.7 Å². The third kappa shape index (κ3) is 1.27. The lowest BCUT2D eigenvalue weighted by molar-refractivity contribution is -0.131. The number of aliphatic carboxylic acids is 1. The molecule has 0 saturated heterocycles. The van der Waals surface area contributed by atoms with Gasteiger partial charge in [-0.25, -0.2) is 4.79 Å². The highest BCUT2D eigenvalue weighted by Crippen LogP contribution is 2.22. The molecule has 0 aliphatic heterocycles. The number of carbonyl (C=O) groups excluding carboxylic acids is 1. The highest BCUT2D eigenvalue weighted by Gasteiger charge is 2.19. The van der Waals surface area contributed by atoms with Crippen molar-refractivity contribution in [3.8, 4) is 0 Å². The van der Waals surface area contributed by atoms with Crippen LogP contribution in [-0.2, 0) is 4.79 Å². The molecule has 70 valence electrons. The Morgan fingerprint density at radius 1 is 1.29 bits per heavy atom. The number of carboxylic acid groups (broad SMARTS) is 1. The van der Waals surface area contributed by atoms with Gasteiger partial charge in [0.15, 0.2) is 0 Å².